The Bertz CT molecular complexity index is 1110. The van der Waals surface area contributed by atoms with Crippen molar-refractivity contribution >= 4 is 58.3 Å². The van der Waals surface area contributed by atoms with Crippen molar-refractivity contribution in [2.45, 2.75) is 35.2 Å². The Balaban J connectivity index is 0.00000245. The predicted molar refractivity (Wildman–Crippen MR) is 133 cm³/mol. The molecule has 2 aliphatic rings. The fourth-order valence-electron chi connectivity index (χ4n) is 4.75. The second-order valence-corrected chi connectivity index (χ2v) is 9.95. The molecule has 0 bridgehead atoms. The molecular formula is C21H28Cl2N8S. The lowest BCUT2D eigenvalue weighted by Crippen LogP contribution is -2.57. The minimum atomic E-state index is 0. The Kier molecular flexibility index (Phi) is 6.74. The molecule has 8 nitrogen and oxygen atoms in total. The molecule has 1 spiro atoms. The van der Waals surface area contributed by atoms with E-state index in [0.29, 0.717) is 15.9 Å². The molecule has 11 heteroatoms. The number of rotatable bonds is 3. The van der Waals surface area contributed by atoms with Crippen LogP contribution in [0.4, 0.5) is 11.6 Å². The summed E-state index contributed by atoms with van der Waals surface area (Å²) >= 11 is 8.04. The summed E-state index contributed by atoms with van der Waals surface area (Å²) in [6, 6.07) is 4.13. The summed E-state index contributed by atoms with van der Waals surface area (Å²) in [7, 11) is 1.88. The van der Waals surface area contributed by atoms with E-state index >= 15 is 0 Å². The number of aryl methyl sites for hydroxylation is 1. The lowest BCUT2D eigenvalue weighted by molar-refractivity contribution is 0.124. The summed E-state index contributed by atoms with van der Waals surface area (Å²) in [4.78, 5) is 12.4. The summed E-state index contributed by atoms with van der Waals surface area (Å²) in [6.45, 7) is 3.82. The molecule has 1 atom stereocenters. The van der Waals surface area contributed by atoms with Crippen LogP contribution >= 0.6 is 35.8 Å². The van der Waals surface area contributed by atoms with Gasteiger partial charge in [0.25, 0.3) is 0 Å². The Morgan fingerprint density at radius 1 is 1.25 bits per heavy atom. The molecule has 1 aromatic carbocycles. The zero-order valence-corrected chi connectivity index (χ0v) is 20.3. The van der Waals surface area contributed by atoms with Gasteiger partial charge in [0.15, 0.2) is 5.82 Å². The smallest absolute Gasteiger partial charge is 0.158 e. The van der Waals surface area contributed by atoms with Crippen molar-refractivity contribution in [2.75, 3.05) is 36.8 Å². The number of benzene rings is 1. The average molecular weight is 495 g/mol. The number of piperidine rings is 2. The van der Waals surface area contributed by atoms with Crippen LogP contribution in [0.1, 0.15) is 19.3 Å². The molecule has 32 heavy (non-hydrogen) atoms. The van der Waals surface area contributed by atoms with E-state index < -0.39 is 0 Å². The quantitative estimate of drug-likeness (QED) is 0.509. The van der Waals surface area contributed by atoms with Gasteiger partial charge in [-0.05, 0) is 43.4 Å². The van der Waals surface area contributed by atoms with Crippen molar-refractivity contribution < 1.29 is 0 Å². The first kappa shape index (κ1) is 23.4. The molecule has 4 heterocycles. The van der Waals surface area contributed by atoms with Gasteiger partial charge in [-0.15, -0.1) is 12.4 Å². The molecule has 2 aromatic heterocycles. The van der Waals surface area contributed by atoms with Crippen molar-refractivity contribution in [1.82, 2.24) is 25.1 Å². The Morgan fingerprint density at radius 2 is 2.03 bits per heavy atom. The number of hydrogen-bond acceptors (Lipinski definition) is 8. The topological polar surface area (TPSA) is 111 Å². The molecule has 0 saturated carbocycles. The van der Waals surface area contributed by atoms with E-state index in [-0.39, 0.29) is 23.9 Å². The van der Waals surface area contributed by atoms with Crippen LogP contribution in [0.2, 0.25) is 5.02 Å². The molecule has 0 aliphatic carbocycles. The Morgan fingerprint density at radius 3 is 2.75 bits per heavy atom. The first-order valence-corrected chi connectivity index (χ1v) is 11.8. The van der Waals surface area contributed by atoms with E-state index in [4.69, 9.17) is 23.1 Å². The van der Waals surface area contributed by atoms with Gasteiger partial charge in [-0.1, -0.05) is 23.4 Å². The van der Waals surface area contributed by atoms with Crippen LogP contribution in [0.15, 0.2) is 34.4 Å². The highest BCUT2D eigenvalue weighted by molar-refractivity contribution is 7.99. The van der Waals surface area contributed by atoms with Gasteiger partial charge < -0.3 is 21.7 Å². The second kappa shape index (κ2) is 9.23. The van der Waals surface area contributed by atoms with Crippen LogP contribution in [-0.2, 0) is 7.05 Å². The first-order chi connectivity index (χ1) is 14.9. The summed E-state index contributed by atoms with van der Waals surface area (Å²) in [5.41, 5.74) is 13.9. The van der Waals surface area contributed by atoms with E-state index in [9.17, 15) is 0 Å². The van der Waals surface area contributed by atoms with Crippen LogP contribution < -0.4 is 21.7 Å². The van der Waals surface area contributed by atoms with Crippen LogP contribution in [0.3, 0.4) is 0 Å². The standard InChI is InChI=1S/C21H27ClN8S.ClH/c1-29-12-13-14(28-29)2-3-15(18(13)22)31-20-19(24)27-17(11-26-20)30-8-5-21(6-9-30)4-7-25-10-16(21)23;/h2-3,11-12,16,25H,4-10,23H2,1H3,(H2,24,27);1H. The molecule has 3 aromatic rings. The Hall–Kier alpha value is -1.78. The van der Waals surface area contributed by atoms with Crippen LogP contribution in [-0.4, -0.2) is 52.0 Å². The van der Waals surface area contributed by atoms with Gasteiger partial charge in [-0.25, -0.2) is 9.97 Å². The molecule has 0 amide bonds. The minimum Gasteiger partial charge on any atom is -0.381 e. The third kappa shape index (κ3) is 4.24. The number of aromatic nitrogens is 4. The largest absolute Gasteiger partial charge is 0.381 e. The summed E-state index contributed by atoms with van der Waals surface area (Å²) in [6.07, 6.45) is 7.03. The summed E-state index contributed by atoms with van der Waals surface area (Å²) in [5, 5.41) is 10.0. The third-order valence-electron chi connectivity index (χ3n) is 6.69. The average Bonchev–Trinajstić information content (AvgIpc) is 3.15. The van der Waals surface area contributed by atoms with Crippen molar-refractivity contribution in [3.05, 3.63) is 29.5 Å². The van der Waals surface area contributed by atoms with Gasteiger partial charge in [0.1, 0.15) is 10.8 Å². The van der Waals surface area contributed by atoms with Gasteiger partial charge in [0, 0.05) is 49.2 Å². The highest BCUT2D eigenvalue weighted by Crippen LogP contribution is 2.41. The van der Waals surface area contributed by atoms with Crippen molar-refractivity contribution in [2.24, 2.45) is 18.2 Å². The molecule has 2 saturated heterocycles. The summed E-state index contributed by atoms with van der Waals surface area (Å²) in [5.74, 6) is 1.25. The van der Waals surface area contributed by atoms with E-state index in [0.717, 1.165) is 67.1 Å². The molecule has 1 unspecified atom stereocenters. The molecular weight excluding hydrogens is 467 g/mol. The third-order valence-corrected chi connectivity index (χ3v) is 8.28. The number of nitrogens with zero attached hydrogens (tertiary/aromatic N) is 5. The van der Waals surface area contributed by atoms with Crippen LogP contribution in [0, 0.1) is 5.41 Å². The Labute approximate surface area is 202 Å². The molecule has 0 radical (unpaired) electrons. The maximum atomic E-state index is 6.61. The van der Waals surface area contributed by atoms with Gasteiger partial charge in [0.05, 0.1) is 16.7 Å². The van der Waals surface area contributed by atoms with E-state index in [2.05, 4.69) is 25.3 Å². The predicted octanol–water partition coefficient (Wildman–Crippen LogP) is 3.08. The van der Waals surface area contributed by atoms with E-state index in [1.807, 2.05) is 31.6 Å². The molecule has 172 valence electrons. The zero-order chi connectivity index (χ0) is 21.6. The maximum Gasteiger partial charge on any atom is 0.158 e. The molecule has 2 fully saturated rings. The van der Waals surface area contributed by atoms with E-state index in [1.165, 1.54) is 11.8 Å². The molecule has 5 rings (SSSR count). The highest BCUT2D eigenvalue weighted by Gasteiger charge is 2.41. The number of halogens is 2. The van der Waals surface area contributed by atoms with Gasteiger partial charge in [-0.2, -0.15) is 5.10 Å². The van der Waals surface area contributed by atoms with Crippen molar-refractivity contribution in [3.8, 4) is 0 Å². The van der Waals surface area contributed by atoms with Crippen LogP contribution in [0.5, 0.6) is 0 Å². The molecule has 5 N–H and O–H groups in total. The number of nitrogens with one attached hydrogen (secondary N) is 1. The number of anilines is 2. The first-order valence-electron chi connectivity index (χ1n) is 10.6. The lowest BCUT2D eigenvalue weighted by Gasteiger charge is -2.48. The number of nitrogen functional groups attached to an aromatic ring is 1. The van der Waals surface area contributed by atoms with Crippen molar-refractivity contribution in [1.29, 1.82) is 0 Å². The normalized spacial score (nSPS) is 20.5. The number of fused-ring (bicyclic) bond motifs is 1. The fraction of sp³-hybridized carbons (Fsp3) is 0.476. The SMILES string of the molecule is Cl.Cn1cc2c(Cl)c(Sc3ncc(N4CCC5(CCNCC5N)CC4)nc3N)ccc2n1. The van der Waals surface area contributed by atoms with E-state index in [1.54, 1.807) is 4.68 Å². The molecule has 2 aliphatic heterocycles. The van der Waals surface area contributed by atoms with Crippen LogP contribution in [0.25, 0.3) is 10.9 Å². The zero-order valence-electron chi connectivity index (χ0n) is 17.9. The van der Waals surface area contributed by atoms with Gasteiger partial charge >= 0.3 is 0 Å². The highest BCUT2D eigenvalue weighted by atomic mass is 35.5. The number of hydrogen-bond donors (Lipinski definition) is 3. The minimum absolute atomic E-state index is 0. The van der Waals surface area contributed by atoms with Crippen molar-refractivity contribution in [3.63, 3.8) is 0 Å². The number of nitrogens with two attached hydrogens (primary N) is 2. The lowest BCUT2D eigenvalue weighted by atomic mass is 9.68. The second-order valence-electron chi connectivity index (χ2n) is 8.54. The monoisotopic (exact) mass is 494 g/mol. The maximum absolute atomic E-state index is 6.61. The van der Waals surface area contributed by atoms with Gasteiger partial charge in [-0.3, -0.25) is 4.68 Å². The summed E-state index contributed by atoms with van der Waals surface area (Å²) < 4.78 is 1.76. The fourth-order valence-corrected chi connectivity index (χ4v) is 5.88. The van der Waals surface area contributed by atoms with Gasteiger partial charge in [0.2, 0.25) is 0 Å².